The normalized spacial score (nSPS) is 11.1. The van der Waals surface area contributed by atoms with Crippen molar-refractivity contribution in [2.45, 2.75) is 0 Å². The van der Waals surface area contributed by atoms with Crippen molar-refractivity contribution in [1.82, 2.24) is 15.0 Å². The van der Waals surface area contributed by atoms with Crippen molar-refractivity contribution in [1.29, 1.82) is 0 Å². The van der Waals surface area contributed by atoms with Gasteiger partial charge in [-0.25, -0.2) is 15.0 Å². The molecule has 184 valence electrons. The summed E-state index contributed by atoms with van der Waals surface area (Å²) >= 11 is 0. The highest BCUT2D eigenvalue weighted by Crippen LogP contribution is 2.31. The van der Waals surface area contributed by atoms with E-state index in [1.807, 2.05) is 84.9 Å². The molecular formula is C35H23N3O. The van der Waals surface area contributed by atoms with Crippen molar-refractivity contribution in [3.63, 3.8) is 0 Å². The van der Waals surface area contributed by atoms with Crippen LogP contribution in [0.15, 0.2) is 144 Å². The van der Waals surface area contributed by atoms with E-state index in [1.165, 1.54) is 0 Å². The molecule has 0 spiro atoms. The number of hydrogen-bond acceptors (Lipinski definition) is 4. The Bertz CT molecular complexity index is 1820. The maximum absolute atomic E-state index is 6.09. The van der Waals surface area contributed by atoms with Crippen LogP contribution in [-0.4, -0.2) is 15.0 Å². The summed E-state index contributed by atoms with van der Waals surface area (Å²) in [5.74, 6) is 1.34. The maximum Gasteiger partial charge on any atom is 0.227 e. The zero-order valence-electron chi connectivity index (χ0n) is 21.0. The third-order valence-corrected chi connectivity index (χ3v) is 6.75. The SMILES string of the molecule is c1ccc(-c2cc(-c3ccc(-c4ccc5nc(-c6ccccc6)oc5c4)cc3)nc(-c3ccccc3)n2)cc1. The van der Waals surface area contributed by atoms with Gasteiger partial charge in [0, 0.05) is 22.3 Å². The van der Waals surface area contributed by atoms with Crippen LogP contribution in [0.2, 0.25) is 0 Å². The first-order valence-corrected chi connectivity index (χ1v) is 12.9. The third-order valence-electron chi connectivity index (χ3n) is 6.75. The monoisotopic (exact) mass is 501 g/mol. The molecule has 0 saturated heterocycles. The fourth-order valence-corrected chi connectivity index (χ4v) is 4.71. The Labute approximate surface area is 226 Å². The molecule has 0 amide bonds. The molecule has 0 saturated carbocycles. The first-order chi connectivity index (χ1) is 19.3. The van der Waals surface area contributed by atoms with E-state index in [2.05, 4.69) is 59.6 Å². The predicted molar refractivity (Wildman–Crippen MR) is 157 cm³/mol. The Morgan fingerprint density at radius 3 is 1.54 bits per heavy atom. The maximum atomic E-state index is 6.09. The van der Waals surface area contributed by atoms with Crippen LogP contribution in [-0.2, 0) is 0 Å². The largest absolute Gasteiger partial charge is 0.436 e. The molecule has 0 fully saturated rings. The molecule has 0 aliphatic heterocycles. The van der Waals surface area contributed by atoms with E-state index in [1.54, 1.807) is 0 Å². The highest BCUT2D eigenvalue weighted by molar-refractivity contribution is 5.83. The number of aromatic nitrogens is 3. The van der Waals surface area contributed by atoms with Gasteiger partial charge in [-0.3, -0.25) is 0 Å². The lowest BCUT2D eigenvalue weighted by atomic mass is 10.0. The minimum atomic E-state index is 0.630. The molecule has 0 radical (unpaired) electrons. The van der Waals surface area contributed by atoms with E-state index in [0.29, 0.717) is 11.7 Å². The summed E-state index contributed by atoms with van der Waals surface area (Å²) in [6.45, 7) is 0. The van der Waals surface area contributed by atoms with Crippen LogP contribution in [0, 0.1) is 0 Å². The second-order valence-corrected chi connectivity index (χ2v) is 9.34. The fourth-order valence-electron chi connectivity index (χ4n) is 4.71. The molecule has 7 aromatic rings. The van der Waals surface area contributed by atoms with Crippen molar-refractivity contribution in [2.75, 3.05) is 0 Å². The van der Waals surface area contributed by atoms with E-state index in [4.69, 9.17) is 14.4 Å². The van der Waals surface area contributed by atoms with E-state index >= 15 is 0 Å². The van der Waals surface area contributed by atoms with Gasteiger partial charge in [0.15, 0.2) is 11.4 Å². The van der Waals surface area contributed by atoms with Crippen LogP contribution in [0.1, 0.15) is 0 Å². The average Bonchev–Trinajstić information content (AvgIpc) is 3.46. The van der Waals surface area contributed by atoms with E-state index in [0.717, 1.165) is 55.9 Å². The number of fused-ring (bicyclic) bond motifs is 1. The Balaban J connectivity index is 1.25. The summed E-state index contributed by atoms with van der Waals surface area (Å²) in [6.07, 6.45) is 0. The first-order valence-electron chi connectivity index (χ1n) is 12.9. The Hall–Kier alpha value is -5.35. The smallest absolute Gasteiger partial charge is 0.227 e. The Morgan fingerprint density at radius 2 is 0.897 bits per heavy atom. The van der Waals surface area contributed by atoms with Gasteiger partial charge in [-0.05, 0) is 41.5 Å². The van der Waals surface area contributed by atoms with Crippen LogP contribution >= 0.6 is 0 Å². The van der Waals surface area contributed by atoms with E-state index in [9.17, 15) is 0 Å². The van der Waals surface area contributed by atoms with Crippen LogP contribution in [0.25, 0.3) is 67.6 Å². The lowest BCUT2D eigenvalue weighted by Gasteiger charge is -2.10. The summed E-state index contributed by atoms with van der Waals surface area (Å²) in [7, 11) is 0. The van der Waals surface area contributed by atoms with Gasteiger partial charge < -0.3 is 4.42 Å². The molecule has 0 aliphatic carbocycles. The van der Waals surface area contributed by atoms with Gasteiger partial charge in [-0.1, -0.05) is 109 Å². The topological polar surface area (TPSA) is 51.8 Å². The van der Waals surface area contributed by atoms with Gasteiger partial charge >= 0.3 is 0 Å². The molecule has 5 aromatic carbocycles. The minimum absolute atomic E-state index is 0.630. The number of rotatable bonds is 5. The molecule has 7 rings (SSSR count). The summed E-state index contributed by atoms with van der Waals surface area (Å²) in [5, 5.41) is 0. The van der Waals surface area contributed by atoms with E-state index in [-0.39, 0.29) is 0 Å². The van der Waals surface area contributed by atoms with Gasteiger partial charge in [0.05, 0.1) is 11.4 Å². The molecule has 4 nitrogen and oxygen atoms in total. The molecule has 2 heterocycles. The fraction of sp³-hybridized carbons (Fsp3) is 0. The number of hydrogen-bond donors (Lipinski definition) is 0. The standard InChI is InChI=1S/C35H23N3O/c1-4-10-25(11-5-1)31-23-32(37-34(36-31)27-12-6-2-7-13-27)26-18-16-24(17-19-26)29-20-21-30-33(22-29)39-35(38-30)28-14-8-3-9-15-28/h1-23H. The molecule has 0 aliphatic rings. The third kappa shape index (κ3) is 4.60. The molecule has 39 heavy (non-hydrogen) atoms. The highest BCUT2D eigenvalue weighted by Gasteiger charge is 2.12. The lowest BCUT2D eigenvalue weighted by Crippen LogP contribution is -1.95. The zero-order chi connectivity index (χ0) is 26.0. The summed E-state index contributed by atoms with van der Waals surface area (Å²) in [6, 6.07) is 47.0. The van der Waals surface area contributed by atoms with Crippen LogP contribution in [0.4, 0.5) is 0 Å². The summed E-state index contributed by atoms with van der Waals surface area (Å²) in [5.41, 5.74) is 9.61. The van der Waals surface area contributed by atoms with Gasteiger partial charge in [-0.2, -0.15) is 0 Å². The minimum Gasteiger partial charge on any atom is -0.436 e. The molecule has 0 bridgehead atoms. The van der Waals surface area contributed by atoms with Crippen molar-refractivity contribution < 1.29 is 4.42 Å². The van der Waals surface area contributed by atoms with Crippen molar-refractivity contribution >= 4 is 11.1 Å². The van der Waals surface area contributed by atoms with E-state index < -0.39 is 0 Å². The molecule has 0 unspecified atom stereocenters. The Kier molecular flexibility index (Phi) is 5.76. The lowest BCUT2D eigenvalue weighted by molar-refractivity contribution is 0.620. The van der Waals surface area contributed by atoms with Crippen molar-refractivity contribution in [3.8, 4) is 56.5 Å². The van der Waals surface area contributed by atoms with Gasteiger partial charge in [-0.15, -0.1) is 0 Å². The van der Waals surface area contributed by atoms with Crippen molar-refractivity contribution in [3.05, 3.63) is 140 Å². The highest BCUT2D eigenvalue weighted by atomic mass is 16.3. The quantitative estimate of drug-likeness (QED) is 0.236. The van der Waals surface area contributed by atoms with Gasteiger partial charge in [0.1, 0.15) is 5.52 Å². The van der Waals surface area contributed by atoms with Gasteiger partial charge in [0.2, 0.25) is 5.89 Å². The number of nitrogens with zero attached hydrogens (tertiary/aromatic N) is 3. The average molecular weight is 502 g/mol. The van der Waals surface area contributed by atoms with Crippen LogP contribution in [0.3, 0.4) is 0 Å². The molecule has 0 atom stereocenters. The summed E-state index contributed by atoms with van der Waals surface area (Å²) in [4.78, 5) is 14.5. The van der Waals surface area contributed by atoms with Gasteiger partial charge in [0.25, 0.3) is 0 Å². The second kappa shape index (κ2) is 9.84. The predicted octanol–water partition coefficient (Wildman–Crippen LogP) is 8.95. The zero-order valence-corrected chi connectivity index (χ0v) is 21.0. The number of oxazole rings is 1. The first kappa shape index (κ1) is 22.8. The number of benzene rings is 5. The van der Waals surface area contributed by atoms with Crippen LogP contribution < -0.4 is 0 Å². The molecule has 0 N–H and O–H groups in total. The molecular weight excluding hydrogens is 478 g/mol. The van der Waals surface area contributed by atoms with Crippen molar-refractivity contribution in [2.24, 2.45) is 0 Å². The molecule has 4 heteroatoms. The van der Waals surface area contributed by atoms with Crippen LogP contribution in [0.5, 0.6) is 0 Å². The summed E-state index contributed by atoms with van der Waals surface area (Å²) < 4.78 is 6.09. The molecule has 2 aromatic heterocycles. The Morgan fingerprint density at radius 1 is 0.385 bits per heavy atom. The second-order valence-electron chi connectivity index (χ2n) is 9.34.